The van der Waals surface area contributed by atoms with Crippen molar-refractivity contribution in [2.45, 2.75) is 25.3 Å². The predicted molar refractivity (Wildman–Crippen MR) is 141 cm³/mol. The first-order chi connectivity index (χ1) is 17.0. The van der Waals surface area contributed by atoms with Gasteiger partial charge in [-0.15, -0.1) is 0 Å². The third-order valence-corrected chi connectivity index (χ3v) is 7.51. The molecular formula is C29H27ClN4O. The van der Waals surface area contributed by atoms with E-state index in [2.05, 4.69) is 37.1 Å². The van der Waals surface area contributed by atoms with Crippen molar-refractivity contribution in [1.29, 1.82) is 0 Å². The Morgan fingerprint density at radius 3 is 2.57 bits per heavy atom. The third-order valence-electron chi connectivity index (χ3n) is 7.25. The summed E-state index contributed by atoms with van der Waals surface area (Å²) in [6.07, 6.45) is 2.82. The molecule has 1 aromatic heterocycles. The summed E-state index contributed by atoms with van der Waals surface area (Å²) in [4.78, 5) is 18.8. The highest BCUT2D eigenvalue weighted by atomic mass is 35.5. The average molecular weight is 483 g/mol. The summed E-state index contributed by atoms with van der Waals surface area (Å²) in [5.74, 6) is 0.315. The number of hydrogen-bond acceptors (Lipinski definition) is 3. The lowest BCUT2D eigenvalue weighted by atomic mass is 9.88. The summed E-state index contributed by atoms with van der Waals surface area (Å²) >= 11 is 6.16. The van der Waals surface area contributed by atoms with Crippen molar-refractivity contribution in [1.82, 2.24) is 14.7 Å². The molecule has 2 aliphatic rings. The van der Waals surface area contributed by atoms with Crippen LogP contribution in [-0.4, -0.2) is 46.8 Å². The van der Waals surface area contributed by atoms with Gasteiger partial charge in [-0.3, -0.25) is 4.79 Å². The van der Waals surface area contributed by atoms with Crippen molar-refractivity contribution in [3.63, 3.8) is 0 Å². The van der Waals surface area contributed by atoms with Gasteiger partial charge in [-0.2, -0.15) is 5.10 Å². The molecule has 0 spiro atoms. The highest BCUT2D eigenvalue weighted by Crippen LogP contribution is 2.46. The van der Waals surface area contributed by atoms with Gasteiger partial charge < -0.3 is 9.80 Å². The number of benzene rings is 3. The highest BCUT2D eigenvalue weighted by molar-refractivity contribution is 6.30. The lowest BCUT2D eigenvalue weighted by Gasteiger charge is -2.36. The van der Waals surface area contributed by atoms with Crippen molar-refractivity contribution in [2.24, 2.45) is 0 Å². The minimum Gasteiger partial charge on any atom is -0.306 e. The SMILES string of the molecule is Cc1ccc2c(c1)[C@H]1CN(C)CC[C@@H]1N2C(=O)c1cn(-c2ccccc2)nc1-c1ccc(Cl)cc1. The zero-order chi connectivity index (χ0) is 24.1. The summed E-state index contributed by atoms with van der Waals surface area (Å²) in [7, 11) is 2.17. The number of hydrogen-bond donors (Lipinski definition) is 0. The van der Waals surface area contributed by atoms with Gasteiger partial charge in [0, 0.05) is 41.0 Å². The van der Waals surface area contributed by atoms with Crippen molar-refractivity contribution in [3.05, 3.63) is 101 Å². The molecule has 1 fully saturated rings. The fourth-order valence-electron chi connectivity index (χ4n) is 5.54. The molecule has 0 unspecified atom stereocenters. The molecule has 0 bridgehead atoms. The maximum Gasteiger partial charge on any atom is 0.262 e. The maximum absolute atomic E-state index is 14.4. The lowest BCUT2D eigenvalue weighted by molar-refractivity contribution is 0.0965. The minimum absolute atomic E-state index is 0.000660. The van der Waals surface area contributed by atoms with Crippen LogP contribution in [0.5, 0.6) is 0 Å². The van der Waals surface area contributed by atoms with Crippen molar-refractivity contribution < 1.29 is 4.79 Å². The standard InChI is InChI=1S/C29H27ClN4O/c1-19-8-13-26-23(16-19)24-17-32(2)15-14-27(24)34(26)29(35)25-18-33(22-6-4-3-5-7-22)31-28(25)20-9-11-21(30)12-10-20/h3-13,16,18,24,27H,14-15,17H2,1-2H3/t24-,27+/m1/s1. The highest BCUT2D eigenvalue weighted by Gasteiger charge is 2.44. The molecule has 1 amide bonds. The van der Waals surface area contributed by atoms with Gasteiger partial charge in [0.1, 0.15) is 5.69 Å². The third kappa shape index (κ3) is 3.85. The molecule has 0 saturated carbocycles. The van der Waals surface area contributed by atoms with Crippen LogP contribution in [0.4, 0.5) is 5.69 Å². The van der Waals surface area contributed by atoms with E-state index in [-0.39, 0.29) is 11.9 Å². The number of amides is 1. The van der Waals surface area contributed by atoms with E-state index >= 15 is 0 Å². The molecule has 4 aromatic rings. The monoisotopic (exact) mass is 482 g/mol. The number of halogens is 1. The molecule has 6 heteroatoms. The smallest absolute Gasteiger partial charge is 0.262 e. The Bertz CT molecular complexity index is 1400. The maximum atomic E-state index is 14.4. The van der Waals surface area contributed by atoms with Crippen LogP contribution in [0, 0.1) is 6.92 Å². The molecule has 2 aliphatic heterocycles. The van der Waals surface area contributed by atoms with E-state index in [0.29, 0.717) is 22.2 Å². The zero-order valence-electron chi connectivity index (χ0n) is 19.9. The Morgan fingerprint density at radius 1 is 1.03 bits per heavy atom. The number of aromatic nitrogens is 2. The fourth-order valence-corrected chi connectivity index (χ4v) is 5.67. The number of carbonyl (C=O) groups excluding carboxylic acids is 1. The normalized spacial score (nSPS) is 19.5. The first-order valence-electron chi connectivity index (χ1n) is 12.0. The molecule has 6 rings (SSSR count). The van der Waals surface area contributed by atoms with E-state index < -0.39 is 0 Å². The van der Waals surface area contributed by atoms with Crippen LogP contribution in [0.25, 0.3) is 16.9 Å². The van der Waals surface area contributed by atoms with Crippen LogP contribution in [0.15, 0.2) is 79.0 Å². The minimum atomic E-state index is -0.000660. The van der Waals surface area contributed by atoms with Gasteiger partial charge in [0.05, 0.1) is 11.3 Å². The Morgan fingerprint density at radius 2 is 1.80 bits per heavy atom. The van der Waals surface area contributed by atoms with E-state index in [9.17, 15) is 4.79 Å². The van der Waals surface area contributed by atoms with Gasteiger partial charge in [0.15, 0.2) is 0 Å². The largest absolute Gasteiger partial charge is 0.306 e. The Labute approximate surface area is 210 Å². The topological polar surface area (TPSA) is 41.4 Å². The number of likely N-dealkylation sites (tertiary alicyclic amines) is 1. The number of anilines is 1. The van der Waals surface area contributed by atoms with Crippen LogP contribution in [0.3, 0.4) is 0 Å². The molecule has 0 aliphatic carbocycles. The molecule has 5 nitrogen and oxygen atoms in total. The molecule has 35 heavy (non-hydrogen) atoms. The Balaban J connectivity index is 1.48. The van der Waals surface area contributed by atoms with E-state index in [1.165, 1.54) is 11.1 Å². The molecule has 176 valence electrons. The molecule has 3 aromatic carbocycles. The predicted octanol–water partition coefficient (Wildman–Crippen LogP) is 5.95. The van der Waals surface area contributed by atoms with E-state index in [4.69, 9.17) is 16.7 Å². The Hall–Kier alpha value is -3.41. The second kappa shape index (κ2) is 8.67. The molecule has 2 atom stereocenters. The van der Waals surface area contributed by atoms with Gasteiger partial charge in [0.25, 0.3) is 5.91 Å². The summed E-state index contributed by atoms with van der Waals surface area (Å²) in [5.41, 5.74) is 6.58. The zero-order valence-corrected chi connectivity index (χ0v) is 20.6. The van der Waals surface area contributed by atoms with Crippen LogP contribution in [-0.2, 0) is 0 Å². The van der Waals surface area contributed by atoms with Gasteiger partial charge in [0.2, 0.25) is 0 Å². The lowest BCUT2D eigenvalue weighted by Crippen LogP contribution is -2.47. The Kier molecular flexibility index (Phi) is 5.47. The van der Waals surface area contributed by atoms with E-state index in [0.717, 1.165) is 36.4 Å². The van der Waals surface area contributed by atoms with Gasteiger partial charge in [-0.05, 0) is 62.8 Å². The van der Waals surface area contributed by atoms with Crippen molar-refractivity contribution >= 4 is 23.2 Å². The number of para-hydroxylation sites is 1. The first kappa shape index (κ1) is 22.1. The van der Waals surface area contributed by atoms with Crippen molar-refractivity contribution in [2.75, 3.05) is 25.0 Å². The van der Waals surface area contributed by atoms with Crippen LogP contribution in [0.1, 0.15) is 33.8 Å². The summed E-state index contributed by atoms with van der Waals surface area (Å²) in [5, 5.41) is 5.53. The molecule has 0 N–H and O–H groups in total. The number of likely N-dealkylation sites (N-methyl/N-ethyl adjacent to an activating group) is 1. The van der Waals surface area contributed by atoms with Crippen LogP contribution in [0.2, 0.25) is 5.02 Å². The number of carbonyl (C=O) groups is 1. The molecule has 1 saturated heterocycles. The van der Waals surface area contributed by atoms with E-state index in [1.54, 1.807) is 4.68 Å². The average Bonchev–Trinajstić information content (AvgIpc) is 3.44. The molecular weight excluding hydrogens is 456 g/mol. The summed E-state index contributed by atoms with van der Waals surface area (Å²) < 4.78 is 1.80. The van der Waals surface area contributed by atoms with Gasteiger partial charge >= 0.3 is 0 Å². The van der Waals surface area contributed by atoms with E-state index in [1.807, 2.05) is 65.7 Å². The number of piperidine rings is 1. The van der Waals surface area contributed by atoms with Gasteiger partial charge in [-0.25, -0.2) is 4.68 Å². The number of fused-ring (bicyclic) bond motifs is 3. The number of aryl methyl sites for hydroxylation is 1. The van der Waals surface area contributed by atoms with Crippen LogP contribution < -0.4 is 4.90 Å². The van der Waals surface area contributed by atoms with Crippen molar-refractivity contribution in [3.8, 4) is 16.9 Å². The second-order valence-electron chi connectivity index (χ2n) is 9.64. The molecule has 0 radical (unpaired) electrons. The fraction of sp³-hybridized carbons (Fsp3) is 0.241. The summed E-state index contributed by atoms with van der Waals surface area (Å²) in [6.45, 7) is 4.05. The number of nitrogens with zero attached hydrogens (tertiary/aromatic N) is 4. The quantitative estimate of drug-likeness (QED) is 0.362. The number of rotatable bonds is 3. The molecule has 3 heterocycles. The summed E-state index contributed by atoms with van der Waals surface area (Å²) in [6, 6.07) is 24.1. The second-order valence-corrected chi connectivity index (χ2v) is 10.1. The van der Waals surface area contributed by atoms with Crippen LogP contribution >= 0.6 is 11.6 Å². The van der Waals surface area contributed by atoms with Gasteiger partial charge in [-0.1, -0.05) is 59.6 Å². The first-order valence-corrected chi connectivity index (χ1v) is 12.4.